The van der Waals surface area contributed by atoms with Crippen LogP contribution < -0.4 is 4.74 Å². The van der Waals surface area contributed by atoms with E-state index in [9.17, 15) is 4.79 Å². The molecule has 1 fully saturated rings. The lowest BCUT2D eigenvalue weighted by molar-refractivity contribution is -0.139. The summed E-state index contributed by atoms with van der Waals surface area (Å²) in [7, 11) is 0. The quantitative estimate of drug-likeness (QED) is 0.838. The second-order valence-electron chi connectivity index (χ2n) is 5.40. The highest BCUT2D eigenvalue weighted by molar-refractivity contribution is 5.68. The zero-order chi connectivity index (χ0) is 16.1. The van der Waals surface area contributed by atoms with Crippen molar-refractivity contribution in [2.75, 3.05) is 26.4 Å². The molecule has 122 valence electrons. The molecule has 0 saturated carbocycles. The topological polar surface area (TPSA) is 87.7 Å². The third-order valence-electron chi connectivity index (χ3n) is 3.79. The molecule has 2 aromatic rings. The number of aromatic amines is 1. The minimum absolute atomic E-state index is 0.161. The Hall–Kier alpha value is -2.38. The summed E-state index contributed by atoms with van der Waals surface area (Å²) in [6, 6.07) is 9.63. The number of nitrogens with zero attached hydrogens (tertiary/aromatic N) is 2. The van der Waals surface area contributed by atoms with E-state index < -0.39 is 5.97 Å². The number of ether oxygens (including phenoxy) is 2. The highest BCUT2D eigenvalue weighted by Crippen LogP contribution is 2.25. The molecule has 1 aliphatic heterocycles. The SMILES string of the molecule is O=C(O)COc1ccc(CN2CCOC[C@H]2c2ccn[nH]2)cc1. The fourth-order valence-electron chi connectivity index (χ4n) is 2.64. The molecule has 7 nitrogen and oxygen atoms in total. The van der Waals surface area contributed by atoms with Crippen molar-refractivity contribution in [3.63, 3.8) is 0 Å². The molecule has 0 radical (unpaired) electrons. The standard InChI is InChI=1S/C16H19N3O4/c20-16(21)11-23-13-3-1-12(2-4-13)9-19-7-8-22-10-15(19)14-5-6-17-18-14/h1-6,15H,7-11H2,(H,17,18)(H,20,21)/t15-/m0/s1. The zero-order valence-corrected chi connectivity index (χ0v) is 12.6. The summed E-state index contributed by atoms with van der Waals surface area (Å²) in [5, 5.41) is 15.6. The minimum Gasteiger partial charge on any atom is -0.482 e. The highest BCUT2D eigenvalue weighted by atomic mass is 16.5. The predicted molar refractivity (Wildman–Crippen MR) is 82.1 cm³/mol. The Morgan fingerprint density at radius 2 is 2.22 bits per heavy atom. The lowest BCUT2D eigenvalue weighted by Gasteiger charge is -2.34. The fourth-order valence-corrected chi connectivity index (χ4v) is 2.64. The molecule has 0 bridgehead atoms. The Morgan fingerprint density at radius 1 is 1.39 bits per heavy atom. The number of H-pyrrole nitrogens is 1. The van der Waals surface area contributed by atoms with Gasteiger partial charge >= 0.3 is 5.97 Å². The number of benzene rings is 1. The Morgan fingerprint density at radius 3 is 2.91 bits per heavy atom. The van der Waals surface area contributed by atoms with Gasteiger partial charge in [-0.3, -0.25) is 10.00 Å². The van der Waals surface area contributed by atoms with Crippen molar-refractivity contribution in [3.8, 4) is 5.75 Å². The van der Waals surface area contributed by atoms with Crippen molar-refractivity contribution < 1.29 is 19.4 Å². The first-order chi connectivity index (χ1) is 11.2. The number of aliphatic carboxylic acids is 1. The van der Waals surface area contributed by atoms with Crippen LogP contribution >= 0.6 is 0 Å². The van der Waals surface area contributed by atoms with Crippen LogP contribution in [0.4, 0.5) is 0 Å². The number of carboxylic acid groups (broad SMARTS) is 1. The third kappa shape index (κ3) is 4.08. The smallest absolute Gasteiger partial charge is 0.341 e. The average molecular weight is 317 g/mol. The molecule has 1 atom stereocenters. The van der Waals surface area contributed by atoms with Crippen LogP contribution in [0.5, 0.6) is 5.75 Å². The molecule has 0 unspecified atom stereocenters. The van der Waals surface area contributed by atoms with Crippen LogP contribution in [0.1, 0.15) is 17.3 Å². The largest absolute Gasteiger partial charge is 0.482 e. The van der Waals surface area contributed by atoms with Crippen molar-refractivity contribution in [1.29, 1.82) is 0 Å². The number of carbonyl (C=O) groups is 1. The van der Waals surface area contributed by atoms with Gasteiger partial charge in [0.05, 0.1) is 24.9 Å². The van der Waals surface area contributed by atoms with Crippen LogP contribution in [0.2, 0.25) is 0 Å². The molecule has 1 aliphatic rings. The van der Waals surface area contributed by atoms with Crippen LogP contribution in [0, 0.1) is 0 Å². The molecule has 3 rings (SSSR count). The van der Waals surface area contributed by atoms with Crippen LogP contribution in [0.3, 0.4) is 0 Å². The number of carboxylic acids is 1. The van der Waals surface area contributed by atoms with Crippen molar-refractivity contribution >= 4 is 5.97 Å². The highest BCUT2D eigenvalue weighted by Gasteiger charge is 2.25. The van der Waals surface area contributed by atoms with Gasteiger partial charge in [0.15, 0.2) is 6.61 Å². The second kappa shape index (κ2) is 7.26. The maximum Gasteiger partial charge on any atom is 0.341 e. The van der Waals surface area contributed by atoms with E-state index in [0.29, 0.717) is 19.0 Å². The van der Waals surface area contributed by atoms with Crippen LogP contribution in [0.25, 0.3) is 0 Å². The first kappa shape index (κ1) is 15.5. The average Bonchev–Trinajstić information content (AvgIpc) is 3.09. The van der Waals surface area contributed by atoms with Gasteiger partial charge in [0.2, 0.25) is 0 Å². The first-order valence-corrected chi connectivity index (χ1v) is 7.47. The van der Waals surface area contributed by atoms with E-state index in [1.165, 1.54) is 0 Å². The number of hydrogen-bond donors (Lipinski definition) is 2. The summed E-state index contributed by atoms with van der Waals surface area (Å²) in [5.74, 6) is -0.423. The van der Waals surface area contributed by atoms with Crippen molar-refractivity contribution in [3.05, 3.63) is 47.8 Å². The fraction of sp³-hybridized carbons (Fsp3) is 0.375. The summed E-state index contributed by atoms with van der Waals surface area (Å²) in [4.78, 5) is 12.8. The second-order valence-corrected chi connectivity index (χ2v) is 5.40. The summed E-state index contributed by atoms with van der Waals surface area (Å²) < 4.78 is 10.7. The maximum atomic E-state index is 10.5. The van der Waals surface area contributed by atoms with E-state index in [0.717, 1.165) is 24.3 Å². The summed E-state index contributed by atoms with van der Waals surface area (Å²) in [6.07, 6.45) is 1.75. The maximum absolute atomic E-state index is 10.5. The molecule has 1 aromatic carbocycles. The van der Waals surface area contributed by atoms with Gasteiger partial charge in [-0.05, 0) is 23.8 Å². The molecular formula is C16H19N3O4. The molecule has 2 heterocycles. The molecule has 0 aliphatic carbocycles. The van der Waals surface area contributed by atoms with Crippen LogP contribution in [0.15, 0.2) is 36.5 Å². The predicted octanol–water partition coefficient (Wildman–Crippen LogP) is 1.45. The van der Waals surface area contributed by atoms with E-state index in [4.69, 9.17) is 14.6 Å². The molecule has 1 saturated heterocycles. The Bertz CT molecular complexity index is 627. The summed E-state index contributed by atoms with van der Waals surface area (Å²) in [5.41, 5.74) is 2.19. The van der Waals surface area contributed by atoms with Gasteiger partial charge in [-0.2, -0.15) is 5.10 Å². The summed E-state index contributed by atoms with van der Waals surface area (Å²) in [6.45, 7) is 2.66. The lowest BCUT2D eigenvalue weighted by atomic mass is 10.1. The normalized spacial score (nSPS) is 18.7. The molecular weight excluding hydrogens is 298 g/mol. The minimum atomic E-state index is -0.982. The lowest BCUT2D eigenvalue weighted by Crippen LogP contribution is -2.39. The van der Waals surface area contributed by atoms with Gasteiger partial charge in [0.1, 0.15) is 5.75 Å². The van der Waals surface area contributed by atoms with E-state index >= 15 is 0 Å². The van der Waals surface area contributed by atoms with Crippen LogP contribution in [-0.4, -0.2) is 52.5 Å². The number of nitrogens with one attached hydrogen (secondary N) is 1. The molecule has 0 spiro atoms. The Kier molecular flexibility index (Phi) is 4.89. The molecule has 7 heteroatoms. The molecule has 23 heavy (non-hydrogen) atoms. The number of morpholine rings is 1. The number of aromatic nitrogens is 2. The van der Waals surface area contributed by atoms with Crippen molar-refractivity contribution in [2.24, 2.45) is 0 Å². The van der Waals surface area contributed by atoms with Crippen molar-refractivity contribution in [2.45, 2.75) is 12.6 Å². The number of rotatable bonds is 6. The van der Waals surface area contributed by atoms with Gasteiger partial charge in [-0.15, -0.1) is 0 Å². The van der Waals surface area contributed by atoms with E-state index in [-0.39, 0.29) is 12.6 Å². The number of hydrogen-bond acceptors (Lipinski definition) is 5. The van der Waals surface area contributed by atoms with Gasteiger partial charge in [-0.25, -0.2) is 4.79 Å². The molecule has 0 amide bonds. The van der Waals surface area contributed by atoms with E-state index in [1.807, 2.05) is 18.2 Å². The van der Waals surface area contributed by atoms with E-state index in [2.05, 4.69) is 15.1 Å². The molecule has 2 N–H and O–H groups in total. The third-order valence-corrected chi connectivity index (χ3v) is 3.79. The van der Waals surface area contributed by atoms with Gasteiger partial charge in [0, 0.05) is 19.3 Å². The van der Waals surface area contributed by atoms with Crippen molar-refractivity contribution in [1.82, 2.24) is 15.1 Å². The zero-order valence-electron chi connectivity index (χ0n) is 12.6. The van der Waals surface area contributed by atoms with Gasteiger partial charge in [0.25, 0.3) is 0 Å². The van der Waals surface area contributed by atoms with E-state index in [1.54, 1.807) is 18.3 Å². The monoisotopic (exact) mass is 317 g/mol. The molecule has 1 aromatic heterocycles. The summed E-state index contributed by atoms with van der Waals surface area (Å²) >= 11 is 0. The Labute approximate surface area is 133 Å². The van der Waals surface area contributed by atoms with Gasteiger partial charge in [-0.1, -0.05) is 12.1 Å². The Balaban J connectivity index is 1.64. The van der Waals surface area contributed by atoms with Gasteiger partial charge < -0.3 is 14.6 Å². The van der Waals surface area contributed by atoms with Crippen LogP contribution in [-0.2, 0) is 16.1 Å². The first-order valence-electron chi connectivity index (χ1n) is 7.47.